The van der Waals surface area contributed by atoms with Crippen molar-refractivity contribution >= 4 is 11.6 Å². The van der Waals surface area contributed by atoms with Crippen LogP contribution in [0.1, 0.15) is 35.2 Å². The van der Waals surface area contributed by atoms with Crippen LogP contribution in [0.25, 0.3) is 0 Å². The zero-order chi connectivity index (χ0) is 14.5. The second-order valence-corrected chi connectivity index (χ2v) is 5.65. The Morgan fingerprint density at radius 3 is 2.30 bits per heavy atom. The Labute approximate surface area is 127 Å². The number of benzene rings is 2. The minimum atomic E-state index is 0.293. The quantitative estimate of drug-likeness (QED) is 0.839. The van der Waals surface area contributed by atoms with Gasteiger partial charge in [-0.05, 0) is 61.2 Å². The first-order valence-corrected chi connectivity index (χ1v) is 7.53. The van der Waals surface area contributed by atoms with E-state index in [0.717, 1.165) is 17.9 Å². The molecule has 20 heavy (non-hydrogen) atoms. The highest BCUT2D eigenvalue weighted by Crippen LogP contribution is 2.25. The highest BCUT2D eigenvalue weighted by Gasteiger charge is 2.13. The predicted molar refractivity (Wildman–Crippen MR) is 87.5 cm³/mol. The van der Waals surface area contributed by atoms with Crippen LogP contribution < -0.4 is 5.32 Å². The smallest absolute Gasteiger partial charge is 0.0409 e. The van der Waals surface area contributed by atoms with Gasteiger partial charge in [0, 0.05) is 11.1 Å². The largest absolute Gasteiger partial charge is 0.313 e. The van der Waals surface area contributed by atoms with Crippen molar-refractivity contribution in [3.63, 3.8) is 0 Å². The molecule has 1 atom stereocenters. The van der Waals surface area contributed by atoms with Gasteiger partial charge in [-0.15, -0.1) is 0 Å². The van der Waals surface area contributed by atoms with Gasteiger partial charge in [-0.3, -0.25) is 0 Å². The number of aryl methyl sites for hydroxylation is 2. The summed E-state index contributed by atoms with van der Waals surface area (Å²) in [7, 11) is 2.01. The van der Waals surface area contributed by atoms with Gasteiger partial charge in [0.2, 0.25) is 0 Å². The zero-order valence-electron chi connectivity index (χ0n) is 12.4. The molecule has 2 aromatic carbocycles. The van der Waals surface area contributed by atoms with Crippen LogP contribution in [0.2, 0.25) is 5.02 Å². The van der Waals surface area contributed by atoms with Crippen LogP contribution in [0.15, 0.2) is 42.5 Å². The summed E-state index contributed by atoms with van der Waals surface area (Å²) in [6.07, 6.45) is 2.06. The van der Waals surface area contributed by atoms with Crippen LogP contribution in [-0.2, 0) is 12.8 Å². The van der Waals surface area contributed by atoms with E-state index < -0.39 is 0 Å². The number of nitrogens with one attached hydrogen (secondary N) is 1. The summed E-state index contributed by atoms with van der Waals surface area (Å²) in [5, 5.41) is 4.20. The van der Waals surface area contributed by atoms with Gasteiger partial charge in [0.25, 0.3) is 0 Å². The molecule has 2 aromatic rings. The Balaban J connectivity index is 2.21. The summed E-state index contributed by atoms with van der Waals surface area (Å²) < 4.78 is 0. The highest BCUT2D eigenvalue weighted by atomic mass is 35.5. The topological polar surface area (TPSA) is 12.0 Å². The van der Waals surface area contributed by atoms with E-state index in [1.165, 1.54) is 22.3 Å². The van der Waals surface area contributed by atoms with Crippen LogP contribution in [0.4, 0.5) is 0 Å². The molecular formula is C18H22ClN. The Kier molecular flexibility index (Phi) is 5.22. The monoisotopic (exact) mass is 287 g/mol. The standard InChI is InChI=1S/C18H22ClN/c1-4-14-6-8-15(9-7-14)11-18(20-3)17-12-16(19)10-5-13(17)2/h5-10,12,18,20H,4,11H2,1-3H3. The number of hydrogen-bond donors (Lipinski definition) is 1. The molecule has 0 spiro atoms. The first kappa shape index (κ1) is 15.1. The normalized spacial score (nSPS) is 12.4. The molecule has 2 rings (SSSR count). The van der Waals surface area contributed by atoms with E-state index in [1.54, 1.807) is 0 Å². The van der Waals surface area contributed by atoms with Crippen molar-refractivity contribution in [3.05, 3.63) is 69.7 Å². The average molecular weight is 288 g/mol. The fourth-order valence-electron chi connectivity index (χ4n) is 2.50. The number of rotatable bonds is 5. The van der Waals surface area contributed by atoms with Crippen molar-refractivity contribution in [1.82, 2.24) is 5.32 Å². The Bertz CT molecular complexity index is 560. The van der Waals surface area contributed by atoms with Gasteiger partial charge in [-0.2, -0.15) is 0 Å². The predicted octanol–water partition coefficient (Wildman–Crippen LogP) is 4.71. The zero-order valence-corrected chi connectivity index (χ0v) is 13.2. The maximum Gasteiger partial charge on any atom is 0.0409 e. The molecule has 106 valence electrons. The molecule has 0 heterocycles. The molecular weight excluding hydrogens is 266 g/mol. The Morgan fingerprint density at radius 1 is 1.05 bits per heavy atom. The summed E-state index contributed by atoms with van der Waals surface area (Å²) in [6, 6.07) is 15.3. The van der Waals surface area contributed by atoms with Crippen LogP contribution in [-0.4, -0.2) is 7.05 Å². The van der Waals surface area contributed by atoms with E-state index >= 15 is 0 Å². The summed E-state index contributed by atoms with van der Waals surface area (Å²) in [5.41, 5.74) is 5.29. The van der Waals surface area contributed by atoms with Gasteiger partial charge in [0.1, 0.15) is 0 Å². The Hall–Kier alpha value is -1.31. The minimum Gasteiger partial charge on any atom is -0.313 e. The molecule has 1 unspecified atom stereocenters. The lowest BCUT2D eigenvalue weighted by molar-refractivity contribution is 0.589. The molecule has 0 aliphatic rings. The molecule has 0 radical (unpaired) electrons. The van der Waals surface area contributed by atoms with Crippen molar-refractivity contribution in [2.24, 2.45) is 0 Å². The van der Waals surface area contributed by atoms with E-state index in [0.29, 0.717) is 6.04 Å². The van der Waals surface area contributed by atoms with Crippen molar-refractivity contribution < 1.29 is 0 Å². The molecule has 0 fully saturated rings. The third-order valence-electron chi connectivity index (χ3n) is 3.84. The van der Waals surface area contributed by atoms with Crippen LogP contribution >= 0.6 is 11.6 Å². The van der Waals surface area contributed by atoms with Crippen LogP contribution in [0, 0.1) is 6.92 Å². The summed E-state index contributed by atoms with van der Waals surface area (Å²) >= 11 is 6.13. The molecule has 0 saturated heterocycles. The number of likely N-dealkylation sites (N-methyl/N-ethyl adjacent to an activating group) is 1. The summed E-state index contributed by atoms with van der Waals surface area (Å²) in [4.78, 5) is 0. The third-order valence-corrected chi connectivity index (χ3v) is 4.07. The van der Waals surface area contributed by atoms with Gasteiger partial charge in [0.15, 0.2) is 0 Å². The average Bonchev–Trinajstić information content (AvgIpc) is 2.48. The second kappa shape index (κ2) is 6.92. The molecule has 0 bridgehead atoms. The van der Waals surface area contributed by atoms with Gasteiger partial charge >= 0.3 is 0 Å². The van der Waals surface area contributed by atoms with E-state index in [2.05, 4.69) is 55.6 Å². The second-order valence-electron chi connectivity index (χ2n) is 5.22. The maximum absolute atomic E-state index is 6.13. The van der Waals surface area contributed by atoms with Crippen molar-refractivity contribution in [2.45, 2.75) is 32.7 Å². The van der Waals surface area contributed by atoms with Gasteiger partial charge in [-0.25, -0.2) is 0 Å². The fourth-order valence-corrected chi connectivity index (χ4v) is 2.68. The van der Waals surface area contributed by atoms with E-state index in [1.807, 2.05) is 13.1 Å². The van der Waals surface area contributed by atoms with Crippen LogP contribution in [0.3, 0.4) is 0 Å². The SMILES string of the molecule is CCc1ccc(CC(NC)c2cc(Cl)ccc2C)cc1. The molecule has 1 N–H and O–H groups in total. The van der Waals surface area contributed by atoms with Gasteiger partial charge in [0.05, 0.1) is 0 Å². The lowest BCUT2D eigenvalue weighted by Gasteiger charge is -2.19. The molecule has 0 amide bonds. The van der Waals surface area contributed by atoms with E-state index in [-0.39, 0.29) is 0 Å². The summed E-state index contributed by atoms with van der Waals surface area (Å²) in [5.74, 6) is 0. The van der Waals surface area contributed by atoms with Gasteiger partial charge in [-0.1, -0.05) is 48.9 Å². The lowest BCUT2D eigenvalue weighted by Crippen LogP contribution is -2.19. The van der Waals surface area contributed by atoms with Crippen molar-refractivity contribution in [3.8, 4) is 0 Å². The molecule has 2 heteroatoms. The maximum atomic E-state index is 6.13. The first-order valence-electron chi connectivity index (χ1n) is 7.15. The van der Waals surface area contributed by atoms with Gasteiger partial charge < -0.3 is 5.32 Å². The van der Waals surface area contributed by atoms with Crippen LogP contribution in [0.5, 0.6) is 0 Å². The fraction of sp³-hybridized carbons (Fsp3) is 0.333. The highest BCUT2D eigenvalue weighted by molar-refractivity contribution is 6.30. The number of hydrogen-bond acceptors (Lipinski definition) is 1. The molecule has 0 aliphatic heterocycles. The minimum absolute atomic E-state index is 0.293. The molecule has 0 aromatic heterocycles. The van der Waals surface area contributed by atoms with E-state index in [4.69, 9.17) is 11.6 Å². The Morgan fingerprint density at radius 2 is 1.70 bits per heavy atom. The number of halogens is 1. The molecule has 0 saturated carbocycles. The van der Waals surface area contributed by atoms with Crippen molar-refractivity contribution in [1.29, 1.82) is 0 Å². The first-order chi connectivity index (χ1) is 9.63. The summed E-state index contributed by atoms with van der Waals surface area (Å²) in [6.45, 7) is 4.32. The van der Waals surface area contributed by atoms with Crippen molar-refractivity contribution in [2.75, 3.05) is 7.05 Å². The van der Waals surface area contributed by atoms with E-state index in [9.17, 15) is 0 Å². The molecule has 0 aliphatic carbocycles. The lowest BCUT2D eigenvalue weighted by atomic mass is 9.95. The molecule has 1 nitrogen and oxygen atoms in total. The third kappa shape index (κ3) is 3.62.